The number of aliphatic hydroxyl groups is 1. The van der Waals surface area contributed by atoms with Gasteiger partial charge in [0.1, 0.15) is 24.7 Å². The Balaban J connectivity index is 1.62. The Kier molecular flexibility index (Phi) is 9.58. The van der Waals surface area contributed by atoms with Gasteiger partial charge in [0.05, 0.1) is 30.5 Å². The number of hydrogen-bond acceptors (Lipinski definition) is 9. The summed E-state index contributed by atoms with van der Waals surface area (Å²) in [5.74, 6) is -0.520. The summed E-state index contributed by atoms with van der Waals surface area (Å²) in [6.07, 6.45) is 0.619. The number of halogens is 1. The molecule has 15 heteroatoms. The summed E-state index contributed by atoms with van der Waals surface area (Å²) in [5, 5.41) is 23.7. The van der Waals surface area contributed by atoms with Crippen LogP contribution in [0.4, 0.5) is 5.69 Å². The van der Waals surface area contributed by atoms with E-state index in [4.69, 9.17) is 16.3 Å². The Morgan fingerprint density at radius 2 is 2.00 bits per heavy atom. The minimum absolute atomic E-state index is 0.00840. The number of anilines is 1. The van der Waals surface area contributed by atoms with Crippen LogP contribution in [0.15, 0.2) is 53.7 Å². The van der Waals surface area contributed by atoms with Gasteiger partial charge >= 0.3 is 0 Å². The van der Waals surface area contributed by atoms with Crippen molar-refractivity contribution in [2.45, 2.75) is 43.9 Å². The molecule has 1 aliphatic rings. The fourth-order valence-electron chi connectivity index (χ4n) is 4.46. The predicted molar refractivity (Wildman–Crippen MR) is 150 cm³/mol. The highest BCUT2D eigenvalue weighted by Crippen LogP contribution is 2.30. The number of nitrogens with zero attached hydrogens (tertiary/aromatic N) is 6. The topological polar surface area (TPSA) is 160 Å². The average molecular weight is 606 g/mol. The third-order valence-corrected chi connectivity index (χ3v) is 8.95. The molecule has 0 unspecified atom stereocenters. The number of nitrogens with one attached hydrogen (secondary N) is 1. The number of carbonyl (C=O) groups excluding carboxylic acids is 2. The van der Waals surface area contributed by atoms with Crippen LogP contribution in [-0.2, 0) is 32.6 Å². The first-order valence-electron chi connectivity index (χ1n) is 12.9. The summed E-state index contributed by atoms with van der Waals surface area (Å²) >= 11 is 5.94. The molecule has 0 aliphatic carbocycles. The number of sulfonamides is 1. The van der Waals surface area contributed by atoms with E-state index in [1.165, 1.54) is 46.6 Å². The maximum Gasteiger partial charge on any atom is 0.246 e. The molecule has 2 N–H and O–H groups in total. The Labute approximate surface area is 243 Å². The van der Waals surface area contributed by atoms with E-state index in [1.54, 1.807) is 30.0 Å². The van der Waals surface area contributed by atoms with E-state index in [1.807, 2.05) is 6.92 Å². The number of carbonyl (C=O) groups is 2. The molecule has 0 fully saturated rings. The van der Waals surface area contributed by atoms with Gasteiger partial charge in [-0.2, -0.15) is 4.31 Å². The molecule has 2 aromatic carbocycles. The molecule has 1 aromatic heterocycles. The quantitative estimate of drug-likeness (QED) is 0.368. The molecule has 13 nitrogen and oxygen atoms in total. The second-order valence-corrected chi connectivity index (χ2v) is 12.5. The van der Waals surface area contributed by atoms with Crippen LogP contribution in [0.25, 0.3) is 0 Å². The number of ether oxygens (including phenoxy) is 1. The summed E-state index contributed by atoms with van der Waals surface area (Å²) in [4.78, 5) is 27.6. The van der Waals surface area contributed by atoms with Crippen molar-refractivity contribution >= 4 is 39.1 Å². The minimum atomic E-state index is -3.86. The number of aromatic nitrogens is 4. The van der Waals surface area contributed by atoms with E-state index < -0.39 is 22.2 Å². The molecule has 3 atom stereocenters. The summed E-state index contributed by atoms with van der Waals surface area (Å²) < 4.78 is 35.5. The molecule has 2 amide bonds. The van der Waals surface area contributed by atoms with Gasteiger partial charge in [0, 0.05) is 35.8 Å². The van der Waals surface area contributed by atoms with E-state index in [-0.39, 0.29) is 55.3 Å². The van der Waals surface area contributed by atoms with Crippen molar-refractivity contribution in [3.05, 3.63) is 59.4 Å². The number of hydrogen-bond donors (Lipinski definition) is 2. The van der Waals surface area contributed by atoms with Crippen molar-refractivity contribution in [3.8, 4) is 5.75 Å². The Bertz CT molecular complexity index is 1470. The largest absolute Gasteiger partial charge is 0.488 e. The van der Waals surface area contributed by atoms with Gasteiger partial charge in [0.25, 0.3) is 0 Å². The number of benzene rings is 2. The third kappa shape index (κ3) is 7.38. The second-order valence-electron chi connectivity index (χ2n) is 10.0. The van der Waals surface area contributed by atoms with Crippen LogP contribution in [0.2, 0.25) is 5.02 Å². The lowest BCUT2D eigenvalue weighted by Crippen LogP contribution is -2.48. The molecule has 1 aliphatic heterocycles. The zero-order valence-corrected chi connectivity index (χ0v) is 24.4. The lowest BCUT2D eigenvalue weighted by atomic mass is 10.0. The summed E-state index contributed by atoms with van der Waals surface area (Å²) in [6.45, 7) is 3.50. The molecular formula is C26H32ClN7O6S. The van der Waals surface area contributed by atoms with Gasteiger partial charge in [-0.15, -0.1) is 5.10 Å². The highest BCUT2D eigenvalue weighted by Gasteiger charge is 2.33. The number of aliphatic hydroxyl groups excluding tert-OH is 1. The molecule has 0 saturated carbocycles. The van der Waals surface area contributed by atoms with E-state index in [0.29, 0.717) is 22.0 Å². The highest BCUT2D eigenvalue weighted by atomic mass is 35.5. The summed E-state index contributed by atoms with van der Waals surface area (Å²) in [6, 6.07) is 10.4. The number of likely N-dealkylation sites (N-methyl/N-ethyl adjacent to an activating group) is 1. The standard InChI is InChI=1S/C26H32ClN7O6S/c1-17-12-34(18(2)15-35)26(37)11-19-10-21(29-25(36)14-33-16-28-30-31-33)6-9-23(19)40-24(17)13-32(3)41(38,39)22-7-4-20(27)5-8-22/h4-10,16-18,24,35H,11-15H2,1-3H3,(H,29,36)/t17-,18+,24-/m0/s1. The molecule has 41 heavy (non-hydrogen) atoms. The predicted octanol–water partition coefficient (Wildman–Crippen LogP) is 1.43. The number of fused-ring (bicyclic) bond motifs is 1. The second kappa shape index (κ2) is 12.9. The van der Waals surface area contributed by atoms with E-state index in [9.17, 15) is 23.1 Å². The van der Waals surface area contributed by atoms with Crippen LogP contribution in [0.1, 0.15) is 19.4 Å². The fraction of sp³-hybridized carbons (Fsp3) is 0.423. The molecule has 220 valence electrons. The smallest absolute Gasteiger partial charge is 0.246 e. The van der Waals surface area contributed by atoms with Gasteiger partial charge in [-0.3, -0.25) is 9.59 Å². The molecule has 2 heterocycles. The van der Waals surface area contributed by atoms with Crippen LogP contribution >= 0.6 is 11.6 Å². The van der Waals surface area contributed by atoms with Crippen LogP contribution < -0.4 is 10.1 Å². The maximum atomic E-state index is 13.4. The number of rotatable bonds is 9. The van der Waals surface area contributed by atoms with Crippen molar-refractivity contribution in [1.29, 1.82) is 0 Å². The van der Waals surface area contributed by atoms with Gasteiger partial charge in [0.2, 0.25) is 21.8 Å². The number of amides is 2. The van der Waals surface area contributed by atoms with E-state index in [2.05, 4.69) is 20.8 Å². The van der Waals surface area contributed by atoms with E-state index >= 15 is 0 Å². The van der Waals surface area contributed by atoms with Crippen LogP contribution in [0, 0.1) is 5.92 Å². The molecule has 0 bridgehead atoms. The normalized spacial score (nSPS) is 18.6. The van der Waals surface area contributed by atoms with Gasteiger partial charge < -0.3 is 20.1 Å². The highest BCUT2D eigenvalue weighted by molar-refractivity contribution is 7.89. The van der Waals surface area contributed by atoms with Crippen molar-refractivity contribution in [2.75, 3.05) is 32.1 Å². The van der Waals surface area contributed by atoms with Crippen LogP contribution in [0.5, 0.6) is 5.75 Å². The Morgan fingerprint density at radius 1 is 1.27 bits per heavy atom. The monoisotopic (exact) mass is 605 g/mol. The molecule has 4 rings (SSSR count). The van der Waals surface area contributed by atoms with Crippen LogP contribution in [0.3, 0.4) is 0 Å². The van der Waals surface area contributed by atoms with Crippen LogP contribution in [-0.4, -0.2) is 93.6 Å². The van der Waals surface area contributed by atoms with E-state index in [0.717, 1.165) is 0 Å². The average Bonchev–Trinajstić information content (AvgIpc) is 3.45. The first-order valence-corrected chi connectivity index (χ1v) is 14.7. The lowest BCUT2D eigenvalue weighted by molar-refractivity contribution is -0.134. The Morgan fingerprint density at radius 3 is 2.66 bits per heavy atom. The summed E-state index contributed by atoms with van der Waals surface area (Å²) in [7, 11) is -2.39. The first-order chi connectivity index (χ1) is 19.5. The summed E-state index contributed by atoms with van der Waals surface area (Å²) in [5.41, 5.74) is 0.943. The minimum Gasteiger partial charge on any atom is -0.488 e. The molecule has 0 spiro atoms. The van der Waals surface area contributed by atoms with Gasteiger partial charge in [0.15, 0.2) is 0 Å². The van der Waals surface area contributed by atoms with Crippen molar-refractivity contribution in [3.63, 3.8) is 0 Å². The zero-order chi connectivity index (χ0) is 29.7. The van der Waals surface area contributed by atoms with Gasteiger partial charge in [-0.1, -0.05) is 18.5 Å². The zero-order valence-electron chi connectivity index (χ0n) is 22.8. The number of tetrazole rings is 1. The molecule has 0 radical (unpaired) electrons. The van der Waals surface area contributed by atoms with Crippen molar-refractivity contribution in [1.82, 2.24) is 29.4 Å². The van der Waals surface area contributed by atoms with Gasteiger partial charge in [-0.25, -0.2) is 13.1 Å². The molecular weight excluding hydrogens is 574 g/mol. The fourth-order valence-corrected chi connectivity index (χ4v) is 5.77. The third-order valence-electron chi connectivity index (χ3n) is 6.86. The molecule has 3 aromatic rings. The van der Waals surface area contributed by atoms with Crippen molar-refractivity contribution < 1.29 is 27.9 Å². The first kappa shape index (κ1) is 30.4. The maximum absolute atomic E-state index is 13.4. The van der Waals surface area contributed by atoms with Crippen molar-refractivity contribution in [2.24, 2.45) is 5.92 Å². The van der Waals surface area contributed by atoms with Gasteiger partial charge in [-0.05, 0) is 59.8 Å². The Hall–Kier alpha value is -3.59. The molecule has 0 saturated heterocycles. The SMILES string of the molecule is C[C@H](CO)N1C[C@H](C)[C@H](CN(C)S(=O)(=O)c2ccc(Cl)cc2)Oc2ccc(NC(=O)Cn3cnnn3)cc2CC1=O. The lowest BCUT2D eigenvalue weighted by Gasteiger charge is -2.33.